The third-order valence-corrected chi connectivity index (χ3v) is 10.9. The lowest BCUT2D eigenvalue weighted by atomic mass is 9.73. The fraction of sp³-hybridized carbons (Fsp3) is 0.280. The molecule has 0 amide bonds. The molecule has 0 aliphatic carbocycles. The van der Waals surface area contributed by atoms with Crippen LogP contribution in [0.1, 0.15) is 73.9 Å². The average Bonchev–Trinajstić information content (AvgIpc) is 3.23. The number of aliphatic hydroxyl groups is 2. The molecule has 6 heteroatoms. The van der Waals surface area contributed by atoms with Crippen molar-refractivity contribution in [2.75, 3.05) is 38.0 Å². The molecule has 0 saturated carbocycles. The topological polar surface area (TPSA) is 65.4 Å². The second-order valence-corrected chi connectivity index (χ2v) is 15.1. The number of rotatable bonds is 15. The van der Waals surface area contributed by atoms with Crippen molar-refractivity contribution in [3.8, 4) is 22.6 Å². The third-order valence-electron chi connectivity index (χ3n) is 10.9. The van der Waals surface area contributed by atoms with Crippen LogP contribution in [0.3, 0.4) is 0 Å². The Hall–Kier alpha value is -5.56. The minimum atomic E-state index is -1.60. The molecule has 0 aliphatic heterocycles. The third kappa shape index (κ3) is 8.04. The van der Waals surface area contributed by atoms with Crippen LogP contribution in [0, 0.1) is 0 Å². The summed E-state index contributed by atoms with van der Waals surface area (Å²) in [6.45, 7) is 8.30. The van der Waals surface area contributed by atoms with Gasteiger partial charge < -0.3 is 29.5 Å². The Morgan fingerprint density at radius 2 is 0.732 bits per heavy atom. The summed E-state index contributed by atoms with van der Waals surface area (Å²) in [5, 5.41) is 26.8. The van der Waals surface area contributed by atoms with Crippen molar-refractivity contribution in [2.24, 2.45) is 0 Å². The van der Waals surface area contributed by atoms with Crippen LogP contribution >= 0.6 is 0 Å². The molecule has 0 bridgehead atoms. The summed E-state index contributed by atoms with van der Waals surface area (Å²) in [5.74, 6) is 1.49. The van der Waals surface area contributed by atoms with Gasteiger partial charge in [-0.25, -0.2) is 0 Å². The van der Waals surface area contributed by atoms with Crippen LogP contribution in [-0.2, 0) is 11.2 Å². The van der Waals surface area contributed by atoms with Crippen molar-refractivity contribution in [2.45, 2.75) is 63.9 Å². The molecular formula is C50H56N2O4. The highest BCUT2D eigenvalue weighted by molar-refractivity contribution is 5.77. The maximum atomic E-state index is 13.4. The van der Waals surface area contributed by atoms with E-state index in [2.05, 4.69) is 27.7 Å². The molecule has 56 heavy (non-hydrogen) atoms. The predicted molar refractivity (Wildman–Crippen MR) is 231 cm³/mol. The van der Waals surface area contributed by atoms with E-state index in [4.69, 9.17) is 9.47 Å². The van der Waals surface area contributed by atoms with Gasteiger partial charge in [0.25, 0.3) is 0 Å². The van der Waals surface area contributed by atoms with Gasteiger partial charge in [-0.05, 0) is 109 Å². The summed E-state index contributed by atoms with van der Waals surface area (Å²) in [5.41, 5.74) is 4.69. The fourth-order valence-electron chi connectivity index (χ4n) is 7.20. The van der Waals surface area contributed by atoms with Crippen LogP contribution in [-0.4, -0.2) is 50.6 Å². The fourth-order valence-corrected chi connectivity index (χ4v) is 7.20. The molecule has 2 atom stereocenters. The Bertz CT molecular complexity index is 2070. The summed E-state index contributed by atoms with van der Waals surface area (Å²) in [7, 11) is 8.03. The first kappa shape index (κ1) is 40.1. The van der Waals surface area contributed by atoms with Crippen molar-refractivity contribution in [3.05, 3.63) is 179 Å². The molecule has 0 radical (unpaired) electrons. The minimum Gasteiger partial charge on any atom is -0.491 e. The molecule has 0 aromatic heterocycles. The average molecular weight is 749 g/mol. The monoisotopic (exact) mass is 748 g/mol. The van der Waals surface area contributed by atoms with Gasteiger partial charge in [-0.2, -0.15) is 0 Å². The molecule has 0 fully saturated rings. The summed E-state index contributed by atoms with van der Waals surface area (Å²) < 4.78 is 12.3. The molecule has 0 unspecified atom stereocenters. The van der Waals surface area contributed by atoms with Crippen molar-refractivity contribution in [1.82, 2.24) is 0 Å². The van der Waals surface area contributed by atoms with E-state index in [-0.39, 0.29) is 12.2 Å². The van der Waals surface area contributed by atoms with Gasteiger partial charge in [0.1, 0.15) is 22.7 Å². The zero-order valence-electron chi connectivity index (χ0n) is 34.0. The van der Waals surface area contributed by atoms with Crippen LogP contribution < -0.4 is 19.3 Å². The van der Waals surface area contributed by atoms with Gasteiger partial charge in [0.2, 0.25) is 0 Å². The standard InChI is InChI=1S/C50H56N2O4/c1-9-35(3)55-43-31-23-39(24-32-43)50(54,40-25-33-44(34-26-40)56-36(4)10-2)48-18-14-12-16-46(48)45-15-11-13-17-47(45)49(53,37-19-27-41(28-20-37)51(5)6)38-21-29-42(30-22-38)52(7)8/h11-36,53-54H,9-10H2,1-8H3/t35-,36-/m1/s1. The van der Waals surface area contributed by atoms with Gasteiger partial charge in [-0.15, -0.1) is 0 Å². The van der Waals surface area contributed by atoms with Gasteiger partial charge in [0.05, 0.1) is 12.2 Å². The number of hydrogen-bond acceptors (Lipinski definition) is 6. The van der Waals surface area contributed by atoms with E-state index >= 15 is 0 Å². The maximum Gasteiger partial charge on any atom is 0.141 e. The number of hydrogen-bond donors (Lipinski definition) is 2. The van der Waals surface area contributed by atoms with Crippen molar-refractivity contribution in [1.29, 1.82) is 0 Å². The highest BCUT2D eigenvalue weighted by Gasteiger charge is 2.40. The normalized spacial score (nSPS) is 12.8. The molecule has 0 spiro atoms. The Morgan fingerprint density at radius 3 is 1.02 bits per heavy atom. The summed E-state index contributed by atoms with van der Waals surface area (Å²) >= 11 is 0. The Balaban J connectivity index is 1.58. The Kier molecular flexibility index (Phi) is 12.2. The zero-order chi connectivity index (χ0) is 40.0. The summed E-state index contributed by atoms with van der Waals surface area (Å²) in [4.78, 5) is 4.09. The second kappa shape index (κ2) is 17.1. The number of benzene rings is 6. The minimum absolute atomic E-state index is 0.0620. The molecule has 6 aromatic carbocycles. The molecule has 0 heterocycles. The van der Waals surface area contributed by atoms with E-state index < -0.39 is 11.2 Å². The van der Waals surface area contributed by atoms with Crippen LogP contribution in [0.2, 0.25) is 0 Å². The highest BCUT2D eigenvalue weighted by atomic mass is 16.5. The molecule has 0 saturated heterocycles. The summed E-state index contributed by atoms with van der Waals surface area (Å²) in [6.07, 6.45) is 1.89. The lowest BCUT2D eigenvalue weighted by Gasteiger charge is -2.35. The highest BCUT2D eigenvalue weighted by Crippen LogP contribution is 2.47. The van der Waals surface area contributed by atoms with E-state index in [1.807, 2.05) is 184 Å². The molecule has 6 aromatic rings. The first-order chi connectivity index (χ1) is 26.9. The van der Waals surface area contributed by atoms with E-state index in [1.165, 1.54) is 0 Å². The lowest BCUT2D eigenvalue weighted by Crippen LogP contribution is -2.31. The van der Waals surface area contributed by atoms with Crippen molar-refractivity contribution in [3.63, 3.8) is 0 Å². The van der Waals surface area contributed by atoms with E-state index in [1.54, 1.807) is 0 Å². The van der Waals surface area contributed by atoms with Gasteiger partial charge in [0, 0.05) is 50.7 Å². The van der Waals surface area contributed by atoms with E-state index in [9.17, 15) is 10.2 Å². The van der Waals surface area contributed by atoms with Crippen LogP contribution in [0.15, 0.2) is 146 Å². The Labute approximate surface area is 333 Å². The lowest BCUT2D eigenvalue weighted by molar-refractivity contribution is 0.124. The predicted octanol–water partition coefficient (Wildman–Crippen LogP) is 10.4. The molecule has 0 aliphatic rings. The van der Waals surface area contributed by atoms with Gasteiger partial charge in [0.15, 0.2) is 0 Å². The molecule has 2 N–H and O–H groups in total. The first-order valence-electron chi connectivity index (χ1n) is 19.6. The molecule has 6 rings (SSSR count). The van der Waals surface area contributed by atoms with Crippen LogP contribution in [0.25, 0.3) is 11.1 Å². The Morgan fingerprint density at radius 1 is 0.446 bits per heavy atom. The number of anilines is 2. The first-order valence-corrected chi connectivity index (χ1v) is 19.6. The van der Waals surface area contributed by atoms with Crippen LogP contribution in [0.4, 0.5) is 11.4 Å². The number of ether oxygens (including phenoxy) is 2. The van der Waals surface area contributed by atoms with Gasteiger partial charge >= 0.3 is 0 Å². The van der Waals surface area contributed by atoms with Crippen molar-refractivity contribution < 1.29 is 19.7 Å². The smallest absolute Gasteiger partial charge is 0.141 e. The molecular weight excluding hydrogens is 693 g/mol. The summed E-state index contributed by atoms with van der Waals surface area (Å²) in [6, 6.07) is 47.6. The largest absolute Gasteiger partial charge is 0.491 e. The van der Waals surface area contributed by atoms with Gasteiger partial charge in [-0.3, -0.25) is 0 Å². The zero-order valence-corrected chi connectivity index (χ0v) is 34.0. The van der Waals surface area contributed by atoms with Crippen LogP contribution in [0.5, 0.6) is 11.5 Å². The van der Waals surface area contributed by atoms with Crippen molar-refractivity contribution >= 4 is 11.4 Å². The van der Waals surface area contributed by atoms with Gasteiger partial charge in [-0.1, -0.05) is 111 Å². The number of nitrogens with zero attached hydrogens (tertiary/aromatic N) is 2. The molecule has 6 nitrogen and oxygen atoms in total. The maximum absolute atomic E-state index is 13.4. The second-order valence-electron chi connectivity index (χ2n) is 15.1. The molecule has 290 valence electrons. The van der Waals surface area contributed by atoms with E-state index in [0.717, 1.165) is 58.0 Å². The SMILES string of the molecule is CC[C@@H](C)Oc1ccc(C(O)(c2ccc(O[C@H](C)CC)cc2)c2ccccc2-c2ccccc2C(O)(c2ccc(N(C)C)cc2)c2ccc(N(C)C)cc2)cc1. The quantitative estimate of drug-likeness (QED) is 0.102. The van der Waals surface area contributed by atoms with E-state index in [0.29, 0.717) is 22.3 Å².